The van der Waals surface area contributed by atoms with Gasteiger partial charge in [0.05, 0.1) is 35.3 Å². The predicted octanol–water partition coefficient (Wildman–Crippen LogP) is -2.09. The standard InChI is InChI=1S/C29H31N9O9/c1-2-36-24-16(12-15(23(31)41)22(30)35-24)26(43)37(29(36)46)13-20(40)33-9-11-47-10-8-32-17-5-3-4-14-21(17)28(45)38(27(14)44)18-6-7-19(39)34-25(18)42/h3-5,12,18,32H,2,6-11,13H2,1H3,(H2,30,35)(H2,31,41)(H,33,40)(H,34,39,42). The Bertz CT molecular complexity index is 1970. The monoisotopic (exact) mass is 649 g/mol. The van der Waals surface area contributed by atoms with E-state index in [1.807, 2.05) is 0 Å². The third kappa shape index (κ3) is 6.17. The molecule has 1 atom stereocenters. The number of nitrogens with zero attached hydrogens (tertiary/aromatic N) is 4. The number of nitrogens with two attached hydrogens (primary N) is 2. The number of aromatic nitrogens is 3. The van der Waals surface area contributed by atoms with Crippen LogP contribution >= 0.6 is 0 Å². The van der Waals surface area contributed by atoms with Crippen LogP contribution in [-0.4, -0.2) is 86.8 Å². The lowest BCUT2D eigenvalue weighted by atomic mass is 10.0. The molecule has 0 bridgehead atoms. The van der Waals surface area contributed by atoms with Gasteiger partial charge in [-0.2, -0.15) is 0 Å². The number of pyridine rings is 1. The molecule has 0 radical (unpaired) electrons. The Morgan fingerprint density at radius 1 is 1.06 bits per heavy atom. The largest absolute Gasteiger partial charge is 0.383 e. The molecule has 2 aliphatic heterocycles. The molecular weight excluding hydrogens is 618 g/mol. The summed E-state index contributed by atoms with van der Waals surface area (Å²) in [7, 11) is 0. The van der Waals surface area contributed by atoms with Crippen LogP contribution < -0.4 is 38.7 Å². The zero-order valence-electron chi connectivity index (χ0n) is 25.2. The molecule has 0 saturated carbocycles. The second-order valence-electron chi connectivity index (χ2n) is 10.6. The fraction of sp³-hybridized carbons (Fsp3) is 0.345. The minimum Gasteiger partial charge on any atom is -0.383 e. The molecule has 1 fully saturated rings. The lowest BCUT2D eigenvalue weighted by Gasteiger charge is -2.27. The molecule has 18 nitrogen and oxygen atoms in total. The number of nitrogen functional groups attached to an aromatic ring is 1. The van der Waals surface area contributed by atoms with Gasteiger partial charge in [0, 0.05) is 31.7 Å². The quantitative estimate of drug-likeness (QED) is 0.104. The molecule has 5 rings (SSSR count). The van der Waals surface area contributed by atoms with Crippen LogP contribution in [-0.2, 0) is 32.2 Å². The summed E-state index contributed by atoms with van der Waals surface area (Å²) in [6.07, 6.45) is 0.0594. The second kappa shape index (κ2) is 13.2. The molecule has 4 heterocycles. The Kier molecular flexibility index (Phi) is 9.13. The topological polar surface area (TPSA) is 260 Å². The zero-order chi connectivity index (χ0) is 34.0. The average Bonchev–Trinajstić information content (AvgIpc) is 3.28. The molecule has 2 aromatic heterocycles. The Balaban J connectivity index is 1.13. The van der Waals surface area contributed by atoms with E-state index in [1.165, 1.54) is 6.07 Å². The SMILES string of the molecule is CCn1c(=O)n(CC(=O)NCCOCCNc2cccc3c2C(=O)N(C2CCC(=O)NC2=O)C3=O)c(=O)c2cc(C(N)=O)c(N)nc21. The summed E-state index contributed by atoms with van der Waals surface area (Å²) < 4.78 is 7.40. The van der Waals surface area contributed by atoms with Crippen LogP contribution in [0.15, 0.2) is 33.9 Å². The van der Waals surface area contributed by atoms with Crippen molar-refractivity contribution in [1.29, 1.82) is 0 Å². The van der Waals surface area contributed by atoms with E-state index in [2.05, 4.69) is 20.9 Å². The molecule has 2 aliphatic rings. The van der Waals surface area contributed by atoms with Crippen LogP contribution in [0, 0.1) is 0 Å². The number of imide groups is 2. The first kappa shape index (κ1) is 32.5. The van der Waals surface area contributed by atoms with Crippen LogP contribution in [0.4, 0.5) is 11.5 Å². The zero-order valence-corrected chi connectivity index (χ0v) is 25.2. The average molecular weight is 650 g/mol. The van der Waals surface area contributed by atoms with E-state index in [0.29, 0.717) is 5.69 Å². The summed E-state index contributed by atoms with van der Waals surface area (Å²) in [4.78, 5) is 105. The van der Waals surface area contributed by atoms with Gasteiger partial charge in [-0.3, -0.25) is 52.9 Å². The highest BCUT2D eigenvalue weighted by Gasteiger charge is 2.45. The highest BCUT2D eigenvalue weighted by Crippen LogP contribution is 2.32. The molecule has 246 valence electrons. The summed E-state index contributed by atoms with van der Waals surface area (Å²) in [6, 6.07) is 4.76. The van der Waals surface area contributed by atoms with E-state index in [9.17, 15) is 38.4 Å². The van der Waals surface area contributed by atoms with Crippen LogP contribution in [0.25, 0.3) is 11.0 Å². The number of ether oxygens (including phenoxy) is 1. The number of amides is 6. The van der Waals surface area contributed by atoms with E-state index in [-0.39, 0.29) is 79.2 Å². The van der Waals surface area contributed by atoms with Crippen LogP contribution in [0.1, 0.15) is 50.8 Å². The summed E-state index contributed by atoms with van der Waals surface area (Å²) in [6.45, 7) is 1.62. The van der Waals surface area contributed by atoms with Crippen LogP contribution in [0.5, 0.6) is 0 Å². The predicted molar refractivity (Wildman–Crippen MR) is 164 cm³/mol. The molecule has 1 saturated heterocycles. The van der Waals surface area contributed by atoms with Gasteiger partial charge in [-0.1, -0.05) is 6.07 Å². The van der Waals surface area contributed by atoms with Gasteiger partial charge in [0.1, 0.15) is 18.4 Å². The van der Waals surface area contributed by atoms with Crippen molar-refractivity contribution in [3.05, 3.63) is 61.8 Å². The van der Waals surface area contributed by atoms with Crippen molar-refractivity contribution in [1.82, 2.24) is 29.7 Å². The number of anilines is 2. The summed E-state index contributed by atoms with van der Waals surface area (Å²) >= 11 is 0. The first-order valence-corrected chi connectivity index (χ1v) is 14.6. The van der Waals surface area contributed by atoms with Gasteiger partial charge in [-0.15, -0.1) is 0 Å². The number of carbonyl (C=O) groups is 6. The Morgan fingerprint density at radius 3 is 2.51 bits per heavy atom. The Labute approximate surface area is 265 Å². The maximum Gasteiger partial charge on any atom is 0.333 e. The van der Waals surface area contributed by atoms with Crippen molar-refractivity contribution in [2.45, 2.75) is 38.9 Å². The fourth-order valence-electron chi connectivity index (χ4n) is 5.46. The summed E-state index contributed by atoms with van der Waals surface area (Å²) in [5.74, 6) is -4.20. The van der Waals surface area contributed by atoms with Crippen molar-refractivity contribution in [2.75, 3.05) is 37.4 Å². The van der Waals surface area contributed by atoms with Gasteiger partial charge in [0.15, 0.2) is 5.65 Å². The molecule has 47 heavy (non-hydrogen) atoms. The number of hydrogen-bond donors (Lipinski definition) is 5. The molecule has 0 spiro atoms. The van der Waals surface area contributed by atoms with Crippen molar-refractivity contribution < 1.29 is 33.5 Å². The number of hydrogen-bond acceptors (Lipinski definition) is 12. The normalized spacial score (nSPS) is 15.9. The lowest BCUT2D eigenvalue weighted by Crippen LogP contribution is -2.54. The van der Waals surface area contributed by atoms with Crippen molar-refractivity contribution in [2.24, 2.45) is 5.73 Å². The number of primary amides is 1. The fourth-order valence-corrected chi connectivity index (χ4v) is 5.46. The number of aryl methyl sites for hydroxylation is 1. The molecule has 1 aromatic carbocycles. The van der Waals surface area contributed by atoms with Gasteiger partial charge < -0.3 is 26.8 Å². The van der Waals surface area contributed by atoms with Crippen LogP contribution in [0.2, 0.25) is 0 Å². The second-order valence-corrected chi connectivity index (χ2v) is 10.6. The van der Waals surface area contributed by atoms with Gasteiger partial charge in [0.2, 0.25) is 17.7 Å². The molecule has 18 heteroatoms. The number of benzene rings is 1. The van der Waals surface area contributed by atoms with Crippen molar-refractivity contribution >= 4 is 58.0 Å². The molecule has 3 aromatic rings. The number of fused-ring (bicyclic) bond motifs is 2. The van der Waals surface area contributed by atoms with Gasteiger partial charge in [-0.25, -0.2) is 9.78 Å². The summed E-state index contributed by atoms with van der Waals surface area (Å²) in [5.41, 5.74) is 9.85. The molecule has 1 unspecified atom stereocenters. The van der Waals surface area contributed by atoms with Gasteiger partial charge >= 0.3 is 5.69 Å². The maximum absolute atomic E-state index is 13.2. The minimum atomic E-state index is -1.08. The molecule has 0 aliphatic carbocycles. The third-order valence-electron chi connectivity index (χ3n) is 7.71. The Morgan fingerprint density at radius 2 is 1.81 bits per heavy atom. The minimum absolute atomic E-state index is 0.0139. The van der Waals surface area contributed by atoms with E-state index >= 15 is 0 Å². The van der Waals surface area contributed by atoms with Crippen LogP contribution in [0.3, 0.4) is 0 Å². The van der Waals surface area contributed by atoms with Crippen molar-refractivity contribution in [3.8, 4) is 0 Å². The first-order valence-electron chi connectivity index (χ1n) is 14.6. The molecule has 6 amide bonds. The molecular formula is C29H31N9O9. The highest BCUT2D eigenvalue weighted by atomic mass is 16.5. The number of piperidine rings is 1. The van der Waals surface area contributed by atoms with E-state index in [1.54, 1.807) is 19.1 Å². The Hall–Kier alpha value is -5.91. The van der Waals surface area contributed by atoms with Crippen molar-refractivity contribution in [3.63, 3.8) is 0 Å². The van der Waals surface area contributed by atoms with Gasteiger partial charge in [-0.05, 0) is 31.5 Å². The van der Waals surface area contributed by atoms with E-state index < -0.39 is 59.3 Å². The highest BCUT2D eigenvalue weighted by molar-refractivity contribution is 6.25. The number of rotatable bonds is 12. The first-order chi connectivity index (χ1) is 22.4. The maximum atomic E-state index is 13.2. The van der Waals surface area contributed by atoms with E-state index in [0.717, 1.165) is 20.1 Å². The number of nitrogens with one attached hydrogen (secondary N) is 3. The lowest BCUT2D eigenvalue weighted by molar-refractivity contribution is -0.136. The van der Waals surface area contributed by atoms with E-state index in [4.69, 9.17) is 16.2 Å². The molecule has 7 N–H and O–H groups in total. The number of carbonyl (C=O) groups excluding carboxylic acids is 6. The summed E-state index contributed by atoms with van der Waals surface area (Å²) in [5, 5.41) is 7.66. The third-order valence-corrected chi connectivity index (χ3v) is 7.71. The smallest absolute Gasteiger partial charge is 0.333 e. The van der Waals surface area contributed by atoms with Gasteiger partial charge in [0.25, 0.3) is 23.3 Å².